The number of aliphatic hydroxyl groups is 1. The molecule has 3 N–H and O–H groups in total. The van der Waals surface area contributed by atoms with Gasteiger partial charge in [0.05, 0.1) is 24.5 Å². The van der Waals surface area contributed by atoms with Gasteiger partial charge in [-0.05, 0) is 43.5 Å². The smallest absolute Gasteiger partial charge is 0.247 e. The maximum absolute atomic E-state index is 13.5. The number of carbonyl (C=O) groups excluding carboxylic acids is 3. The number of hydrogen-bond donors (Lipinski definition) is 3. The number of nitrogens with one attached hydrogen (secondary N) is 2. The Kier molecular flexibility index (Phi) is 7.38. The van der Waals surface area contributed by atoms with Gasteiger partial charge in [-0.2, -0.15) is 0 Å². The Hall–Kier alpha value is -2.38. The quantitative estimate of drug-likeness (QED) is 0.559. The molecule has 1 aromatic rings. The first-order valence-corrected chi connectivity index (χ1v) is 11.1. The summed E-state index contributed by atoms with van der Waals surface area (Å²) in [5, 5.41) is 15.9. The molecule has 7 nitrogen and oxygen atoms in total. The minimum absolute atomic E-state index is 0.0699. The van der Waals surface area contributed by atoms with Crippen LogP contribution in [0.4, 0.5) is 5.69 Å². The third kappa shape index (κ3) is 4.48. The van der Waals surface area contributed by atoms with E-state index in [1.807, 2.05) is 19.1 Å². The van der Waals surface area contributed by atoms with Crippen LogP contribution >= 0.6 is 11.6 Å². The number of carbonyl (C=O) groups is 3. The van der Waals surface area contributed by atoms with Gasteiger partial charge < -0.3 is 20.6 Å². The van der Waals surface area contributed by atoms with Crippen molar-refractivity contribution in [1.82, 2.24) is 10.2 Å². The van der Waals surface area contributed by atoms with Gasteiger partial charge in [-0.3, -0.25) is 14.4 Å². The van der Waals surface area contributed by atoms with Crippen molar-refractivity contribution < 1.29 is 19.5 Å². The molecule has 1 aromatic carbocycles. The molecule has 3 amide bonds. The first kappa shape index (κ1) is 23.3. The fourth-order valence-corrected chi connectivity index (χ4v) is 5.02. The average Bonchev–Trinajstić information content (AvgIpc) is 3.07. The van der Waals surface area contributed by atoms with Crippen molar-refractivity contribution in [2.24, 2.45) is 23.7 Å². The summed E-state index contributed by atoms with van der Waals surface area (Å²) in [6, 6.07) is 5.35. The van der Waals surface area contributed by atoms with E-state index in [9.17, 15) is 19.5 Å². The normalized spacial score (nSPS) is 28.2. The molecule has 168 valence electrons. The Morgan fingerprint density at radius 3 is 2.45 bits per heavy atom. The second-order valence-electron chi connectivity index (χ2n) is 8.30. The summed E-state index contributed by atoms with van der Waals surface area (Å²) in [6.45, 7) is 3.47. The van der Waals surface area contributed by atoms with E-state index in [-0.39, 0.29) is 30.2 Å². The van der Waals surface area contributed by atoms with Gasteiger partial charge in [-0.15, -0.1) is 0 Å². The van der Waals surface area contributed by atoms with Crippen molar-refractivity contribution in [2.75, 3.05) is 19.0 Å². The molecule has 0 radical (unpaired) electrons. The monoisotopic (exact) mass is 447 g/mol. The van der Waals surface area contributed by atoms with Crippen LogP contribution in [-0.2, 0) is 14.4 Å². The molecule has 0 aromatic heterocycles. The van der Waals surface area contributed by atoms with Crippen LogP contribution < -0.4 is 10.6 Å². The number of benzene rings is 1. The Balaban J connectivity index is 1.99. The molecule has 0 saturated carbocycles. The first-order chi connectivity index (χ1) is 14.8. The van der Waals surface area contributed by atoms with E-state index in [0.29, 0.717) is 10.7 Å². The number of likely N-dealkylation sites (tertiary alicyclic amines) is 1. The van der Waals surface area contributed by atoms with Crippen LogP contribution in [-0.4, -0.2) is 53.5 Å². The number of rotatable bonds is 7. The number of fused-ring (bicyclic) bond motifs is 1. The van der Waals surface area contributed by atoms with Gasteiger partial charge in [-0.25, -0.2) is 0 Å². The second-order valence-corrected chi connectivity index (χ2v) is 8.74. The number of allylic oxidation sites excluding steroid dienone is 1. The molecule has 2 aliphatic rings. The lowest BCUT2D eigenvalue weighted by Gasteiger charge is -2.34. The predicted octanol–water partition coefficient (Wildman–Crippen LogP) is 2.45. The Labute approximate surface area is 187 Å². The summed E-state index contributed by atoms with van der Waals surface area (Å²) >= 11 is 5.93. The Morgan fingerprint density at radius 2 is 1.87 bits per heavy atom. The number of amides is 3. The zero-order valence-electron chi connectivity index (χ0n) is 18.0. The zero-order valence-corrected chi connectivity index (χ0v) is 18.8. The summed E-state index contributed by atoms with van der Waals surface area (Å²) in [6.07, 6.45) is 5.56. The van der Waals surface area contributed by atoms with Gasteiger partial charge in [-0.1, -0.05) is 37.1 Å². The van der Waals surface area contributed by atoms with Gasteiger partial charge in [0.2, 0.25) is 17.7 Å². The molecule has 3 rings (SSSR count). The van der Waals surface area contributed by atoms with Gasteiger partial charge in [0.15, 0.2) is 0 Å². The summed E-state index contributed by atoms with van der Waals surface area (Å²) in [5.74, 6) is -2.52. The highest BCUT2D eigenvalue weighted by Crippen LogP contribution is 2.46. The topological polar surface area (TPSA) is 98.7 Å². The molecular formula is C23H30ClN3O4. The first-order valence-electron chi connectivity index (χ1n) is 10.7. The molecule has 8 heteroatoms. The molecule has 1 fully saturated rings. The summed E-state index contributed by atoms with van der Waals surface area (Å²) in [7, 11) is 1.57. The summed E-state index contributed by atoms with van der Waals surface area (Å²) in [4.78, 5) is 41.1. The van der Waals surface area contributed by atoms with E-state index in [1.54, 1.807) is 38.2 Å². The molecule has 1 heterocycles. The minimum Gasteiger partial charge on any atom is -0.394 e. The summed E-state index contributed by atoms with van der Waals surface area (Å²) < 4.78 is 0. The van der Waals surface area contributed by atoms with Crippen molar-refractivity contribution in [3.05, 3.63) is 41.4 Å². The molecule has 6 atom stereocenters. The maximum atomic E-state index is 13.5. The van der Waals surface area contributed by atoms with E-state index in [1.165, 1.54) is 4.90 Å². The van der Waals surface area contributed by atoms with Gasteiger partial charge in [0.25, 0.3) is 0 Å². The molecule has 1 aliphatic carbocycles. The van der Waals surface area contributed by atoms with Crippen molar-refractivity contribution in [3.63, 3.8) is 0 Å². The van der Waals surface area contributed by atoms with E-state index in [0.717, 1.165) is 12.8 Å². The SMILES string of the molecule is CCC[C@@H]1C=C[C@H]2[C@H](C(=O)N([C@H](C)CO)[C@@H]2C(=O)Nc2ccc(Cl)cc2)[C@@H]1C(=O)NC. The van der Waals surface area contributed by atoms with Crippen LogP contribution in [0.2, 0.25) is 5.02 Å². The minimum atomic E-state index is -0.818. The standard InChI is InChI=1S/C23H30ClN3O4/c1-4-5-14-6-11-17-19(18(14)21(29)25-3)23(31)27(13(2)12-28)20(17)22(30)26-16-9-7-15(24)8-10-16/h6-11,13-14,17-20,28H,4-5,12H2,1-3H3,(H,25,29)(H,26,30)/t13-,14-,17+,18-,19+,20+/m1/s1. The van der Waals surface area contributed by atoms with Crippen LogP contribution in [0.5, 0.6) is 0 Å². The van der Waals surface area contributed by atoms with Crippen LogP contribution in [0.15, 0.2) is 36.4 Å². The highest BCUT2D eigenvalue weighted by Gasteiger charge is 2.57. The average molecular weight is 448 g/mol. The lowest BCUT2D eigenvalue weighted by atomic mass is 9.68. The molecule has 0 bridgehead atoms. The number of hydrogen-bond acceptors (Lipinski definition) is 4. The van der Waals surface area contributed by atoms with Crippen molar-refractivity contribution in [2.45, 2.75) is 38.8 Å². The van der Waals surface area contributed by atoms with E-state index >= 15 is 0 Å². The third-order valence-corrected chi connectivity index (χ3v) is 6.59. The van der Waals surface area contributed by atoms with Crippen LogP contribution in [0.1, 0.15) is 26.7 Å². The zero-order chi connectivity index (χ0) is 22.7. The van der Waals surface area contributed by atoms with Gasteiger partial charge >= 0.3 is 0 Å². The summed E-state index contributed by atoms with van der Waals surface area (Å²) in [5.41, 5.74) is 0.563. The Morgan fingerprint density at radius 1 is 1.19 bits per heavy atom. The van der Waals surface area contributed by atoms with Crippen molar-refractivity contribution in [3.8, 4) is 0 Å². The molecule has 1 aliphatic heterocycles. The largest absolute Gasteiger partial charge is 0.394 e. The van der Waals surface area contributed by atoms with E-state index in [2.05, 4.69) is 10.6 Å². The molecular weight excluding hydrogens is 418 g/mol. The number of halogens is 1. The lowest BCUT2D eigenvalue weighted by Crippen LogP contribution is -2.49. The number of aliphatic hydroxyl groups excluding tert-OH is 1. The highest BCUT2D eigenvalue weighted by molar-refractivity contribution is 6.30. The van der Waals surface area contributed by atoms with Crippen LogP contribution in [0.3, 0.4) is 0 Å². The molecule has 1 saturated heterocycles. The van der Waals surface area contributed by atoms with E-state index in [4.69, 9.17) is 11.6 Å². The predicted molar refractivity (Wildman–Crippen MR) is 119 cm³/mol. The van der Waals surface area contributed by atoms with E-state index < -0.39 is 29.8 Å². The van der Waals surface area contributed by atoms with Crippen LogP contribution in [0.25, 0.3) is 0 Å². The fraction of sp³-hybridized carbons (Fsp3) is 0.522. The molecule has 0 spiro atoms. The third-order valence-electron chi connectivity index (χ3n) is 6.34. The Bertz CT molecular complexity index is 857. The van der Waals surface area contributed by atoms with Crippen LogP contribution in [0, 0.1) is 23.7 Å². The fourth-order valence-electron chi connectivity index (χ4n) is 4.89. The second kappa shape index (κ2) is 9.83. The maximum Gasteiger partial charge on any atom is 0.247 e. The molecule has 31 heavy (non-hydrogen) atoms. The molecule has 0 unspecified atom stereocenters. The number of anilines is 1. The van der Waals surface area contributed by atoms with Crippen molar-refractivity contribution in [1.29, 1.82) is 0 Å². The number of nitrogens with zero attached hydrogens (tertiary/aromatic N) is 1. The highest BCUT2D eigenvalue weighted by atomic mass is 35.5. The van der Waals surface area contributed by atoms with Crippen molar-refractivity contribution >= 4 is 35.0 Å². The van der Waals surface area contributed by atoms with Gasteiger partial charge in [0.1, 0.15) is 6.04 Å². The van der Waals surface area contributed by atoms with Gasteiger partial charge in [0, 0.05) is 23.7 Å². The lowest BCUT2D eigenvalue weighted by molar-refractivity contribution is -0.142.